The lowest BCUT2D eigenvalue weighted by Crippen LogP contribution is -2.18. The van der Waals surface area contributed by atoms with Gasteiger partial charge in [-0.1, -0.05) is 6.07 Å². The predicted molar refractivity (Wildman–Crippen MR) is 59.5 cm³/mol. The second-order valence-electron chi connectivity index (χ2n) is 3.20. The lowest BCUT2D eigenvalue weighted by atomic mass is 10.2. The maximum absolute atomic E-state index is 11.5. The summed E-state index contributed by atoms with van der Waals surface area (Å²) < 4.78 is 1.34. The number of hydrogen-bond acceptors (Lipinski definition) is 4. The maximum Gasteiger partial charge on any atom is 0.255 e. The van der Waals surface area contributed by atoms with Gasteiger partial charge in [0.05, 0.1) is 11.8 Å². The van der Waals surface area contributed by atoms with Crippen LogP contribution in [0.4, 0.5) is 0 Å². The lowest BCUT2D eigenvalue weighted by molar-refractivity contribution is 0.0963. The van der Waals surface area contributed by atoms with Gasteiger partial charge in [-0.3, -0.25) is 4.79 Å². The van der Waals surface area contributed by atoms with E-state index in [-0.39, 0.29) is 17.2 Å². The van der Waals surface area contributed by atoms with Crippen LogP contribution in [-0.4, -0.2) is 27.7 Å². The average molecular weight is 227 g/mol. The van der Waals surface area contributed by atoms with Crippen molar-refractivity contribution in [2.45, 2.75) is 0 Å². The highest BCUT2D eigenvalue weighted by atomic mass is 16.1. The van der Waals surface area contributed by atoms with E-state index in [1.54, 1.807) is 24.4 Å². The number of hydrogen-bond donors (Lipinski definition) is 1. The number of nitrogens with one attached hydrogen (secondary N) is 1. The minimum absolute atomic E-state index is 0.169. The Morgan fingerprint density at radius 2 is 2.35 bits per heavy atom. The first-order valence-corrected chi connectivity index (χ1v) is 4.89. The molecule has 2 rings (SSSR count). The van der Waals surface area contributed by atoms with Crippen LogP contribution in [0, 0.1) is 11.3 Å². The molecule has 0 spiro atoms. The van der Waals surface area contributed by atoms with Crippen LogP contribution >= 0.6 is 0 Å². The van der Waals surface area contributed by atoms with Crippen LogP contribution < -0.4 is 5.32 Å². The van der Waals surface area contributed by atoms with Crippen molar-refractivity contribution in [1.82, 2.24) is 20.1 Å². The van der Waals surface area contributed by atoms with Crippen molar-refractivity contribution in [3.05, 3.63) is 41.9 Å². The van der Waals surface area contributed by atoms with E-state index in [4.69, 9.17) is 5.26 Å². The third kappa shape index (κ3) is 1.86. The minimum atomic E-state index is -0.344. The number of carbonyl (C=O) groups excluding carboxylic acids is 1. The van der Waals surface area contributed by atoms with Crippen LogP contribution in [0.2, 0.25) is 0 Å². The number of nitrogens with zero attached hydrogens (tertiary/aromatic N) is 4. The van der Waals surface area contributed by atoms with E-state index in [0.717, 1.165) is 0 Å². The maximum atomic E-state index is 11.5. The Bertz CT molecular complexity index is 582. The monoisotopic (exact) mass is 227 g/mol. The molecule has 0 bridgehead atoms. The molecule has 6 nitrogen and oxygen atoms in total. The van der Waals surface area contributed by atoms with Crippen molar-refractivity contribution in [3.63, 3.8) is 0 Å². The Hall–Kier alpha value is -2.68. The Morgan fingerprint density at radius 3 is 2.94 bits per heavy atom. The molecule has 17 heavy (non-hydrogen) atoms. The Morgan fingerprint density at radius 1 is 1.53 bits per heavy atom. The molecule has 0 saturated carbocycles. The first kappa shape index (κ1) is 10.8. The zero-order valence-corrected chi connectivity index (χ0v) is 9.08. The normalized spacial score (nSPS) is 9.65. The molecule has 0 aliphatic rings. The average Bonchev–Trinajstić information content (AvgIpc) is 2.82. The molecule has 0 aliphatic carbocycles. The quantitative estimate of drug-likeness (QED) is 0.809. The highest BCUT2D eigenvalue weighted by Crippen LogP contribution is 2.11. The van der Waals surface area contributed by atoms with Crippen molar-refractivity contribution in [2.75, 3.05) is 7.05 Å². The molecule has 1 amide bonds. The zero-order valence-electron chi connectivity index (χ0n) is 9.08. The molecule has 1 N–H and O–H groups in total. The molecule has 0 fully saturated rings. The van der Waals surface area contributed by atoms with Gasteiger partial charge in [-0.05, 0) is 12.1 Å². The fourth-order valence-corrected chi connectivity index (χ4v) is 1.41. The summed E-state index contributed by atoms with van der Waals surface area (Å²) in [6.07, 6.45) is 2.95. The van der Waals surface area contributed by atoms with E-state index >= 15 is 0 Å². The molecule has 0 unspecified atom stereocenters. The van der Waals surface area contributed by atoms with Crippen LogP contribution in [0.25, 0.3) is 5.82 Å². The summed E-state index contributed by atoms with van der Waals surface area (Å²) in [5.74, 6) is 0.155. The van der Waals surface area contributed by atoms with Gasteiger partial charge in [-0.2, -0.15) is 10.4 Å². The summed E-state index contributed by atoms with van der Waals surface area (Å²) >= 11 is 0. The third-order valence-corrected chi connectivity index (χ3v) is 2.21. The SMILES string of the molecule is CNC(=O)c1cnn(-c2ccccn2)c1C#N. The van der Waals surface area contributed by atoms with Crippen molar-refractivity contribution < 1.29 is 4.79 Å². The van der Waals surface area contributed by atoms with Crippen LogP contribution in [0.15, 0.2) is 30.6 Å². The summed E-state index contributed by atoms with van der Waals surface area (Å²) in [7, 11) is 1.50. The summed E-state index contributed by atoms with van der Waals surface area (Å²) in [6.45, 7) is 0. The largest absolute Gasteiger partial charge is 0.355 e. The Balaban J connectivity index is 2.55. The van der Waals surface area contributed by atoms with E-state index in [1.807, 2.05) is 6.07 Å². The predicted octanol–water partition coefficient (Wildman–Crippen LogP) is 0.499. The molecular formula is C11H9N5O. The molecule has 6 heteroatoms. The van der Waals surface area contributed by atoms with Gasteiger partial charge >= 0.3 is 0 Å². The first-order chi connectivity index (χ1) is 8.27. The molecule has 2 heterocycles. The first-order valence-electron chi connectivity index (χ1n) is 4.89. The molecule has 2 aromatic heterocycles. The number of amides is 1. The van der Waals surface area contributed by atoms with Gasteiger partial charge in [0.1, 0.15) is 6.07 Å². The number of rotatable bonds is 2. The van der Waals surface area contributed by atoms with Crippen LogP contribution in [0.5, 0.6) is 0 Å². The fourth-order valence-electron chi connectivity index (χ4n) is 1.41. The topological polar surface area (TPSA) is 83.6 Å². The van der Waals surface area contributed by atoms with Crippen LogP contribution in [0.3, 0.4) is 0 Å². The van der Waals surface area contributed by atoms with E-state index in [1.165, 1.54) is 17.9 Å². The summed E-state index contributed by atoms with van der Waals surface area (Å²) in [6, 6.07) is 7.21. The van der Waals surface area contributed by atoms with Gasteiger partial charge in [-0.25, -0.2) is 9.67 Å². The van der Waals surface area contributed by atoms with E-state index < -0.39 is 0 Å². The molecule has 0 aliphatic heterocycles. The van der Waals surface area contributed by atoms with E-state index in [9.17, 15) is 4.79 Å². The minimum Gasteiger partial charge on any atom is -0.355 e. The molecule has 0 atom stereocenters. The number of carbonyl (C=O) groups is 1. The molecule has 0 radical (unpaired) electrons. The smallest absolute Gasteiger partial charge is 0.255 e. The standard InChI is InChI=1S/C11H9N5O/c1-13-11(17)8-7-15-16(9(8)6-12)10-4-2-3-5-14-10/h2-5,7H,1H3,(H,13,17). The molecule has 84 valence electrons. The van der Waals surface area contributed by atoms with Crippen molar-refractivity contribution in [1.29, 1.82) is 5.26 Å². The fraction of sp³-hybridized carbons (Fsp3) is 0.0909. The molecular weight excluding hydrogens is 218 g/mol. The summed E-state index contributed by atoms with van der Waals surface area (Å²) in [4.78, 5) is 15.6. The summed E-state index contributed by atoms with van der Waals surface area (Å²) in [5.41, 5.74) is 0.406. The number of pyridine rings is 1. The molecule has 2 aromatic rings. The lowest BCUT2D eigenvalue weighted by Gasteiger charge is -2.01. The Labute approximate surface area is 97.5 Å². The molecule has 0 aromatic carbocycles. The van der Waals surface area contributed by atoms with E-state index in [2.05, 4.69) is 15.4 Å². The van der Waals surface area contributed by atoms with E-state index in [0.29, 0.717) is 5.82 Å². The second kappa shape index (κ2) is 4.45. The van der Waals surface area contributed by atoms with Gasteiger partial charge < -0.3 is 5.32 Å². The van der Waals surface area contributed by atoms with Gasteiger partial charge in [0.2, 0.25) is 0 Å². The highest BCUT2D eigenvalue weighted by molar-refractivity contribution is 5.95. The van der Waals surface area contributed by atoms with Gasteiger partial charge in [-0.15, -0.1) is 0 Å². The van der Waals surface area contributed by atoms with Crippen molar-refractivity contribution in [3.8, 4) is 11.9 Å². The van der Waals surface area contributed by atoms with Crippen molar-refractivity contribution >= 4 is 5.91 Å². The van der Waals surface area contributed by atoms with Crippen LogP contribution in [0.1, 0.15) is 16.1 Å². The van der Waals surface area contributed by atoms with Crippen molar-refractivity contribution in [2.24, 2.45) is 0 Å². The van der Waals surface area contributed by atoms with Gasteiger partial charge in [0.15, 0.2) is 11.5 Å². The van der Waals surface area contributed by atoms with Crippen LogP contribution in [-0.2, 0) is 0 Å². The third-order valence-electron chi connectivity index (χ3n) is 2.21. The van der Waals surface area contributed by atoms with Gasteiger partial charge in [0.25, 0.3) is 5.91 Å². The number of nitriles is 1. The highest BCUT2D eigenvalue weighted by Gasteiger charge is 2.17. The summed E-state index contributed by atoms with van der Waals surface area (Å²) in [5, 5.41) is 15.5. The zero-order chi connectivity index (χ0) is 12.3. The number of aromatic nitrogens is 3. The second-order valence-corrected chi connectivity index (χ2v) is 3.20. The van der Waals surface area contributed by atoms with Gasteiger partial charge in [0, 0.05) is 13.2 Å². The Kier molecular flexibility index (Phi) is 2.83. The molecule has 0 saturated heterocycles.